The third kappa shape index (κ3) is 4.68. The van der Waals surface area contributed by atoms with E-state index >= 15 is 0 Å². The van der Waals surface area contributed by atoms with Crippen LogP contribution >= 0.6 is 0 Å². The Morgan fingerprint density at radius 1 is 1.10 bits per heavy atom. The smallest absolute Gasteiger partial charge is 0.338 e. The van der Waals surface area contributed by atoms with E-state index in [2.05, 4.69) is 10.6 Å². The van der Waals surface area contributed by atoms with Crippen LogP contribution in [0, 0.1) is 12.7 Å². The molecule has 1 atom stereocenters. The molecule has 0 radical (unpaired) electrons. The lowest BCUT2D eigenvalue weighted by Gasteiger charge is -2.29. The van der Waals surface area contributed by atoms with E-state index in [-0.39, 0.29) is 22.8 Å². The Morgan fingerprint density at radius 3 is 2.33 bits per heavy atom. The van der Waals surface area contributed by atoms with E-state index in [1.165, 1.54) is 0 Å². The zero-order valence-electron chi connectivity index (χ0n) is 16.4. The van der Waals surface area contributed by atoms with Gasteiger partial charge < -0.3 is 15.4 Å². The zero-order valence-corrected chi connectivity index (χ0v) is 17.3. The lowest BCUT2D eigenvalue weighted by Crippen LogP contribution is -2.47. The number of rotatable bonds is 6. The molecule has 2 aromatic rings. The lowest BCUT2D eigenvalue weighted by molar-refractivity contribution is -0.139. The first-order valence-electron chi connectivity index (χ1n) is 9.24. The fraction of sp³-hybridized carbons (Fsp3) is 0.238. The second-order valence-electron chi connectivity index (χ2n) is 6.77. The van der Waals surface area contributed by atoms with E-state index in [1.807, 2.05) is 19.1 Å². The predicted octanol–water partition coefficient (Wildman–Crippen LogP) is 2.78. The van der Waals surface area contributed by atoms with Crippen LogP contribution in [-0.2, 0) is 19.4 Å². The molecule has 0 spiro atoms. The molecule has 2 aromatic carbocycles. The van der Waals surface area contributed by atoms with Crippen LogP contribution in [0.15, 0.2) is 64.7 Å². The van der Waals surface area contributed by atoms with Crippen LogP contribution in [0.3, 0.4) is 0 Å². The van der Waals surface area contributed by atoms with Crippen LogP contribution in [0.4, 0.5) is 9.18 Å². The molecule has 1 aliphatic rings. The zero-order chi connectivity index (χ0) is 21.9. The minimum atomic E-state index is -3.97. The Hall–Kier alpha value is -3.20. The molecule has 30 heavy (non-hydrogen) atoms. The van der Waals surface area contributed by atoms with Gasteiger partial charge in [0.15, 0.2) is 9.84 Å². The van der Waals surface area contributed by atoms with Gasteiger partial charge in [-0.2, -0.15) is 0 Å². The van der Waals surface area contributed by atoms with Crippen molar-refractivity contribution >= 4 is 21.8 Å². The van der Waals surface area contributed by atoms with Crippen LogP contribution in [0.5, 0.6) is 0 Å². The van der Waals surface area contributed by atoms with Crippen molar-refractivity contribution in [2.24, 2.45) is 0 Å². The summed E-state index contributed by atoms with van der Waals surface area (Å²) >= 11 is 0. The first-order chi connectivity index (χ1) is 14.2. The molecule has 0 saturated heterocycles. The Labute approximate surface area is 173 Å². The number of hydrogen-bond acceptors (Lipinski definition) is 5. The average molecular weight is 432 g/mol. The summed E-state index contributed by atoms with van der Waals surface area (Å²) in [5, 5.41) is 5.08. The molecule has 0 aromatic heterocycles. The summed E-state index contributed by atoms with van der Waals surface area (Å²) in [6.07, 6.45) is 0. The molecule has 0 bridgehead atoms. The average Bonchev–Trinajstić information content (AvgIpc) is 2.68. The summed E-state index contributed by atoms with van der Waals surface area (Å²) in [6.45, 7) is 3.60. The highest BCUT2D eigenvalue weighted by molar-refractivity contribution is 7.91. The number of aryl methyl sites for hydroxylation is 1. The van der Waals surface area contributed by atoms with E-state index in [4.69, 9.17) is 4.74 Å². The highest BCUT2D eigenvalue weighted by atomic mass is 32.2. The van der Waals surface area contributed by atoms with Crippen molar-refractivity contribution in [3.8, 4) is 0 Å². The summed E-state index contributed by atoms with van der Waals surface area (Å²) in [6, 6.07) is 9.95. The van der Waals surface area contributed by atoms with Gasteiger partial charge >= 0.3 is 12.0 Å². The molecular weight excluding hydrogens is 411 g/mol. The van der Waals surface area contributed by atoms with Crippen molar-refractivity contribution in [2.45, 2.75) is 24.8 Å². The molecular formula is C21H21FN2O5S. The summed E-state index contributed by atoms with van der Waals surface area (Å²) < 4.78 is 44.0. The highest BCUT2D eigenvalue weighted by Gasteiger charge is 2.35. The van der Waals surface area contributed by atoms with E-state index < -0.39 is 39.4 Å². The fourth-order valence-corrected chi connectivity index (χ4v) is 4.43. The van der Waals surface area contributed by atoms with Gasteiger partial charge in [0.1, 0.15) is 5.82 Å². The number of amides is 2. The van der Waals surface area contributed by atoms with Crippen molar-refractivity contribution < 1.29 is 27.1 Å². The monoisotopic (exact) mass is 432 g/mol. The first kappa shape index (κ1) is 21.5. The summed E-state index contributed by atoms with van der Waals surface area (Å²) in [4.78, 5) is 24.9. The molecule has 7 nitrogen and oxygen atoms in total. The summed E-state index contributed by atoms with van der Waals surface area (Å²) in [5.41, 5.74) is 1.52. The van der Waals surface area contributed by atoms with Gasteiger partial charge in [0, 0.05) is 5.70 Å². The molecule has 0 fully saturated rings. The minimum Gasteiger partial charge on any atom is -0.463 e. The van der Waals surface area contributed by atoms with Crippen molar-refractivity contribution in [3.63, 3.8) is 0 Å². The van der Waals surface area contributed by atoms with Gasteiger partial charge in [-0.15, -0.1) is 0 Å². The van der Waals surface area contributed by atoms with Gasteiger partial charge in [0.2, 0.25) is 0 Å². The van der Waals surface area contributed by atoms with E-state index in [0.717, 1.165) is 29.8 Å². The number of ether oxygens (including phenoxy) is 1. The lowest BCUT2D eigenvalue weighted by atomic mass is 9.95. The predicted molar refractivity (Wildman–Crippen MR) is 108 cm³/mol. The Bertz CT molecular complexity index is 1090. The van der Waals surface area contributed by atoms with Crippen molar-refractivity contribution in [3.05, 3.63) is 76.7 Å². The van der Waals surface area contributed by atoms with E-state index in [9.17, 15) is 22.4 Å². The molecule has 1 heterocycles. The molecule has 0 aliphatic carbocycles. The largest absolute Gasteiger partial charge is 0.463 e. The Morgan fingerprint density at radius 2 is 1.73 bits per heavy atom. The van der Waals surface area contributed by atoms with E-state index in [1.54, 1.807) is 19.1 Å². The first-order valence-corrected chi connectivity index (χ1v) is 10.9. The molecule has 0 saturated carbocycles. The molecule has 9 heteroatoms. The third-order valence-electron chi connectivity index (χ3n) is 4.57. The van der Waals surface area contributed by atoms with Crippen molar-refractivity contribution in [1.29, 1.82) is 0 Å². The van der Waals surface area contributed by atoms with Crippen molar-refractivity contribution in [2.75, 3.05) is 12.4 Å². The molecule has 158 valence electrons. The fourth-order valence-electron chi connectivity index (χ4n) is 3.11. The maximum atomic E-state index is 13.2. The second kappa shape index (κ2) is 8.66. The third-order valence-corrected chi connectivity index (χ3v) is 6.23. The van der Waals surface area contributed by atoms with Gasteiger partial charge in [0.05, 0.1) is 28.9 Å². The maximum Gasteiger partial charge on any atom is 0.338 e. The van der Waals surface area contributed by atoms with Crippen LogP contribution in [0.25, 0.3) is 0 Å². The standard InChI is InChI=1S/C21H21FN2O5S/c1-3-29-20(25)18-17(12-30(27,28)16-10-8-15(22)9-11-16)23-21(26)24-19(18)14-6-4-13(2)5-7-14/h4-11,19H,3,12H2,1-2H3,(H2,23,24,26)/t19-/m0/s1. The minimum absolute atomic E-state index is 0.00555. The molecule has 3 rings (SSSR count). The number of carbonyl (C=O) groups excluding carboxylic acids is 2. The normalized spacial score (nSPS) is 16.6. The quantitative estimate of drug-likeness (QED) is 0.540. The Balaban J connectivity index is 2.08. The van der Waals surface area contributed by atoms with Crippen LogP contribution in [-0.4, -0.2) is 32.8 Å². The SMILES string of the molecule is CCOC(=O)C1=C(CS(=O)(=O)c2ccc(F)cc2)NC(=O)N[C@H]1c1ccc(C)cc1. The topological polar surface area (TPSA) is 102 Å². The number of benzene rings is 2. The number of esters is 1. The van der Waals surface area contributed by atoms with Crippen LogP contribution in [0.2, 0.25) is 0 Å². The van der Waals surface area contributed by atoms with Crippen molar-refractivity contribution in [1.82, 2.24) is 10.6 Å². The number of carbonyl (C=O) groups is 2. The number of urea groups is 1. The Kier molecular flexibility index (Phi) is 6.21. The number of hydrogen-bond donors (Lipinski definition) is 2. The summed E-state index contributed by atoms with van der Waals surface area (Å²) in [7, 11) is -3.97. The van der Waals surface area contributed by atoms with Gasteiger partial charge in [-0.1, -0.05) is 29.8 Å². The van der Waals surface area contributed by atoms with Gasteiger partial charge in [-0.25, -0.2) is 22.4 Å². The highest BCUT2D eigenvalue weighted by Crippen LogP contribution is 2.29. The van der Waals surface area contributed by atoms with Gasteiger partial charge in [-0.05, 0) is 43.7 Å². The van der Waals surface area contributed by atoms with Gasteiger partial charge in [0.25, 0.3) is 0 Å². The molecule has 1 aliphatic heterocycles. The number of nitrogens with one attached hydrogen (secondary N) is 2. The van der Waals surface area contributed by atoms with E-state index in [0.29, 0.717) is 5.56 Å². The number of sulfone groups is 1. The molecule has 0 unspecified atom stereocenters. The second-order valence-corrected chi connectivity index (χ2v) is 8.76. The molecule has 2 amide bonds. The van der Waals surface area contributed by atoms with Crippen LogP contribution < -0.4 is 10.6 Å². The van der Waals surface area contributed by atoms with Crippen LogP contribution in [0.1, 0.15) is 24.1 Å². The van der Waals surface area contributed by atoms with Gasteiger partial charge in [-0.3, -0.25) is 0 Å². The summed E-state index contributed by atoms with van der Waals surface area (Å²) in [5.74, 6) is -1.96. The number of halogens is 1. The molecule has 2 N–H and O–H groups in total. The maximum absolute atomic E-state index is 13.2.